The molecule has 26 heavy (non-hydrogen) atoms. The van der Waals surface area contributed by atoms with Crippen molar-refractivity contribution in [3.8, 4) is 0 Å². The lowest BCUT2D eigenvalue weighted by Crippen LogP contribution is -2.65. The third-order valence-corrected chi connectivity index (χ3v) is 10.9. The number of halogens is 2. The molecule has 0 aromatic rings. The van der Waals surface area contributed by atoms with Crippen LogP contribution in [0.3, 0.4) is 0 Å². The van der Waals surface area contributed by atoms with Crippen LogP contribution >= 0.6 is 23.2 Å². The third kappa shape index (κ3) is 1.92. The summed E-state index contributed by atoms with van der Waals surface area (Å²) in [7, 11) is 0. The lowest BCUT2D eigenvalue weighted by atomic mass is 9.31. The summed E-state index contributed by atoms with van der Waals surface area (Å²) >= 11 is 12.5. The number of rotatable bonds is 3. The number of carbonyl (C=O) groups excluding carboxylic acids is 2. The molecule has 8 saturated carbocycles. The van der Waals surface area contributed by atoms with Crippen molar-refractivity contribution in [2.45, 2.75) is 77.0 Å². The van der Waals surface area contributed by atoms with Gasteiger partial charge >= 0.3 is 0 Å². The molecule has 8 aliphatic rings. The summed E-state index contributed by atoms with van der Waals surface area (Å²) in [6.07, 6.45) is 13.8. The molecule has 0 N–H and O–H groups in total. The smallest absolute Gasteiger partial charge is 0.227 e. The monoisotopic (exact) mass is 394 g/mol. The molecular formula is C22H28Cl2O2. The van der Waals surface area contributed by atoms with Gasteiger partial charge in [-0.25, -0.2) is 0 Å². The Hall–Kier alpha value is -0.0800. The molecule has 0 aromatic carbocycles. The summed E-state index contributed by atoms with van der Waals surface area (Å²) in [4.78, 5) is 25.1. The summed E-state index contributed by atoms with van der Waals surface area (Å²) in [6, 6.07) is 0. The number of carbonyl (C=O) groups is 2. The van der Waals surface area contributed by atoms with Crippen LogP contribution in [0.5, 0.6) is 0 Å². The Morgan fingerprint density at radius 1 is 0.577 bits per heavy atom. The zero-order chi connectivity index (χ0) is 17.9. The maximum atomic E-state index is 12.5. The fraction of sp³-hybridized carbons (Fsp3) is 0.909. The quantitative estimate of drug-likeness (QED) is 0.576. The fourth-order valence-electron chi connectivity index (χ4n) is 10.2. The number of hydrogen-bond acceptors (Lipinski definition) is 2. The van der Waals surface area contributed by atoms with E-state index < -0.39 is 0 Å². The zero-order valence-corrected chi connectivity index (χ0v) is 16.9. The van der Waals surface area contributed by atoms with Crippen LogP contribution in [0.2, 0.25) is 0 Å². The topological polar surface area (TPSA) is 34.1 Å². The second-order valence-electron chi connectivity index (χ2n) is 11.6. The normalized spacial score (nSPS) is 59.0. The molecule has 142 valence electrons. The Bertz CT molecular complexity index is 625. The summed E-state index contributed by atoms with van der Waals surface area (Å²) < 4.78 is 0. The molecule has 0 heterocycles. The highest BCUT2D eigenvalue weighted by molar-refractivity contribution is 6.65. The standard InChI is InChI=1S/C22H28Cl2O2/c23-17(25)19-3-13-1-14(4-19)8-21(7-13,11-19)22-9-15-2-16(10-22)6-20(5-15,12-22)18(24)26/h13-16H,1-12H2. The molecule has 4 atom stereocenters. The summed E-state index contributed by atoms with van der Waals surface area (Å²) in [5.74, 6) is 2.70. The molecule has 8 rings (SSSR count). The average molecular weight is 395 g/mol. The molecule has 0 saturated heterocycles. The minimum Gasteiger partial charge on any atom is -0.281 e. The van der Waals surface area contributed by atoms with E-state index in [1.165, 1.54) is 38.5 Å². The highest BCUT2D eigenvalue weighted by atomic mass is 35.5. The van der Waals surface area contributed by atoms with Crippen molar-refractivity contribution >= 4 is 33.7 Å². The summed E-state index contributed by atoms with van der Waals surface area (Å²) in [5, 5.41) is -0.132. The van der Waals surface area contributed by atoms with Crippen LogP contribution in [-0.2, 0) is 9.59 Å². The molecule has 0 radical (unpaired) electrons. The molecule has 8 fully saturated rings. The third-order valence-electron chi connectivity index (χ3n) is 10.1. The highest BCUT2D eigenvalue weighted by Gasteiger charge is 2.71. The van der Waals surface area contributed by atoms with Gasteiger partial charge in [-0.1, -0.05) is 0 Å². The van der Waals surface area contributed by atoms with Crippen molar-refractivity contribution in [3.05, 3.63) is 0 Å². The SMILES string of the molecule is O=C(Cl)C12CC3CC(C1)CC(C14CC5CC(CC(C(=O)Cl)(C5)C1)C4)(C3)C2. The van der Waals surface area contributed by atoms with E-state index in [2.05, 4.69) is 0 Å². The lowest BCUT2D eigenvalue weighted by molar-refractivity contribution is -0.230. The molecule has 0 spiro atoms. The van der Waals surface area contributed by atoms with Crippen LogP contribution in [0, 0.1) is 45.3 Å². The van der Waals surface area contributed by atoms with Gasteiger partial charge < -0.3 is 0 Å². The number of hydrogen-bond donors (Lipinski definition) is 0. The van der Waals surface area contributed by atoms with E-state index in [-0.39, 0.29) is 32.1 Å². The zero-order valence-electron chi connectivity index (χ0n) is 15.4. The van der Waals surface area contributed by atoms with E-state index in [1.54, 1.807) is 0 Å². The maximum absolute atomic E-state index is 12.5. The van der Waals surface area contributed by atoms with Crippen molar-refractivity contribution in [2.75, 3.05) is 0 Å². The maximum Gasteiger partial charge on any atom is 0.227 e. The Morgan fingerprint density at radius 2 is 0.885 bits per heavy atom. The molecule has 4 heteroatoms. The van der Waals surface area contributed by atoms with E-state index in [0.717, 1.165) is 38.5 Å². The molecule has 8 aliphatic carbocycles. The van der Waals surface area contributed by atoms with Crippen LogP contribution in [0.15, 0.2) is 0 Å². The minimum atomic E-state index is -0.257. The van der Waals surface area contributed by atoms with Crippen molar-refractivity contribution in [2.24, 2.45) is 45.3 Å². The Labute approximate surface area is 165 Å². The van der Waals surface area contributed by atoms with Crippen LogP contribution in [-0.4, -0.2) is 10.5 Å². The first-order valence-corrected chi connectivity index (χ1v) is 11.4. The van der Waals surface area contributed by atoms with E-state index in [4.69, 9.17) is 23.2 Å². The highest BCUT2D eigenvalue weighted by Crippen LogP contribution is 2.78. The fourth-order valence-corrected chi connectivity index (χ4v) is 10.7. The van der Waals surface area contributed by atoms with Crippen LogP contribution < -0.4 is 0 Å². The first-order chi connectivity index (χ1) is 12.3. The van der Waals surface area contributed by atoms with Gasteiger partial charge in [-0.3, -0.25) is 9.59 Å². The van der Waals surface area contributed by atoms with Gasteiger partial charge in [-0.05, 0) is 135 Å². The molecule has 4 unspecified atom stereocenters. The Kier molecular flexibility index (Phi) is 3.18. The molecule has 0 amide bonds. The van der Waals surface area contributed by atoms with Gasteiger partial charge in [0.2, 0.25) is 10.5 Å². The van der Waals surface area contributed by atoms with Gasteiger partial charge in [-0.15, -0.1) is 0 Å². The van der Waals surface area contributed by atoms with Crippen molar-refractivity contribution in [1.29, 1.82) is 0 Å². The molecular weight excluding hydrogens is 367 g/mol. The Balaban J connectivity index is 1.46. The Morgan fingerprint density at radius 3 is 1.15 bits per heavy atom. The predicted octanol–water partition coefficient (Wildman–Crippen LogP) is 5.69. The second kappa shape index (κ2) is 4.90. The minimum absolute atomic E-state index is 0.0659. The largest absolute Gasteiger partial charge is 0.281 e. The predicted molar refractivity (Wildman–Crippen MR) is 101 cm³/mol. The van der Waals surface area contributed by atoms with Crippen molar-refractivity contribution in [3.63, 3.8) is 0 Å². The lowest BCUT2D eigenvalue weighted by Gasteiger charge is -2.73. The summed E-state index contributed by atoms with van der Waals surface area (Å²) in [5.41, 5.74) is -0.0197. The van der Waals surface area contributed by atoms with Gasteiger partial charge in [0, 0.05) is 10.8 Å². The molecule has 2 nitrogen and oxygen atoms in total. The van der Waals surface area contributed by atoms with E-state index in [9.17, 15) is 9.59 Å². The van der Waals surface area contributed by atoms with Gasteiger partial charge in [0.1, 0.15) is 0 Å². The van der Waals surface area contributed by atoms with Gasteiger partial charge in [0.15, 0.2) is 0 Å². The van der Waals surface area contributed by atoms with E-state index in [1.807, 2.05) is 0 Å². The first-order valence-electron chi connectivity index (χ1n) is 10.7. The van der Waals surface area contributed by atoms with Crippen molar-refractivity contribution < 1.29 is 9.59 Å². The van der Waals surface area contributed by atoms with Crippen molar-refractivity contribution in [1.82, 2.24) is 0 Å². The van der Waals surface area contributed by atoms with Gasteiger partial charge in [0.05, 0.1) is 0 Å². The van der Waals surface area contributed by atoms with E-state index >= 15 is 0 Å². The van der Waals surface area contributed by atoms with Crippen LogP contribution in [0.25, 0.3) is 0 Å². The molecule has 0 aliphatic heterocycles. The van der Waals surface area contributed by atoms with E-state index in [0.29, 0.717) is 23.7 Å². The average Bonchev–Trinajstić information content (AvgIpc) is 2.52. The second-order valence-corrected chi connectivity index (χ2v) is 12.3. The van der Waals surface area contributed by atoms with Crippen LogP contribution in [0.4, 0.5) is 0 Å². The molecule has 0 aromatic heterocycles. The summed E-state index contributed by atoms with van der Waals surface area (Å²) in [6.45, 7) is 0. The molecule has 8 bridgehead atoms. The first kappa shape index (κ1) is 16.8. The van der Waals surface area contributed by atoms with Crippen LogP contribution in [0.1, 0.15) is 77.0 Å². The van der Waals surface area contributed by atoms with Gasteiger partial charge in [0.25, 0.3) is 0 Å². The van der Waals surface area contributed by atoms with Gasteiger partial charge in [-0.2, -0.15) is 0 Å².